The van der Waals surface area contributed by atoms with Gasteiger partial charge in [0.05, 0.1) is 5.69 Å². The maximum atomic E-state index is 13.4. The second-order valence-corrected chi connectivity index (χ2v) is 4.44. The minimum atomic E-state index is -4.33. The molecule has 3 nitrogen and oxygen atoms in total. The summed E-state index contributed by atoms with van der Waals surface area (Å²) in [4.78, 5) is 0. The van der Waals surface area contributed by atoms with Crippen molar-refractivity contribution in [3.63, 3.8) is 0 Å². The maximum Gasteiger partial charge on any atom is 0.408 e. The number of benzene rings is 1. The van der Waals surface area contributed by atoms with Crippen LogP contribution in [0, 0.1) is 11.6 Å². The zero-order chi connectivity index (χ0) is 15.5. The van der Waals surface area contributed by atoms with Gasteiger partial charge in [0.1, 0.15) is 6.54 Å². The lowest BCUT2D eigenvalue weighted by Crippen LogP contribution is -2.19. The van der Waals surface area contributed by atoms with Crippen LogP contribution in [0.3, 0.4) is 0 Å². The Labute approximate surface area is 117 Å². The monoisotopic (exact) mass is 305 g/mol. The van der Waals surface area contributed by atoms with E-state index < -0.39 is 24.4 Å². The van der Waals surface area contributed by atoms with Crippen molar-refractivity contribution >= 4 is 0 Å². The molecule has 2 aromatic rings. The lowest BCUT2D eigenvalue weighted by molar-refractivity contribution is -0.142. The second-order valence-electron chi connectivity index (χ2n) is 4.44. The number of nitrogens with one attached hydrogen (secondary N) is 1. The molecule has 0 unspecified atom stereocenters. The smallest absolute Gasteiger partial charge is 0.307 e. The highest BCUT2D eigenvalue weighted by atomic mass is 19.4. The predicted molar refractivity (Wildman–Crippen MR) is 65.2 cm³/mol. The van der Waals surface area contributed by atoms with Crippen molar-refractivity contribution in [2.45, 2.75) is 25.8 Å². The Morgan fingerprint density at radius 3 is 2.57 bits per heavy atom. The molecule has 0 aliphatic carbocycles. The van der Waals surface area contributed by atoms with E-state index in [2.05, 4.69) is 10.4 Å². The Kier molecular flexibility index (Phi) is 4.56. The van der Waals surface area contributed by atoms with Crippen molar-refractivity contribution in [1.82, 2.24) is 15.1 Å². The van der Waals surface area contributed by atoms with Crippen molar-refractivity contribution < 1.29 is 22.0 Å². The van der Waals surface area contributed by atoms with Crippen LogP contribution in [0.25, 0.3) is 0 Å². The fourth-order valence-corrected chi connectivity index (χ4v) is 1.78. The van der Waals surface area contributed by atoms with Crippen molar-refractivity contribution in [3.8, 4) is 0 Å². The number of nitrogens with zero attached hydrogens (tertiary/aromatic N) is 2. The molecule has 1 heterocycles. The van der Waals surface area contributed by atoms with Gasteiger partial charge in [-0.2, -0.15) is 18.3 Å². The highest BCUT2D eigenvalue weighted by Gasteiger charge is 2.28. The Hall–Kier alpha value is -1.96. The van der Waals surface area contributed by atoms with Crippen LogP contribution in [0.1, 0.15) is 11.3 Å². The maximum absolute atomic E-state index is 13.4. The van der Waals surface area contributed by atoms with Gasteiger partial charge in [-0.3, -0.25) is 4.68 Å². The van der Waals surface area contributed by atoms with Gasteiger partial charge in [0.2, 0.25) is 0 Å². The molecule has 1 aromatic carbocycles. The van der Waals surface area contributed by atoms with E-state index >= 15 is 0 Å². The largest absolute Gasteiger partial charge is 0.408 e. The van der Waals surface area contributed by atoms with E-state index in [4.69, 9.17) is 0 Å². The van der Waals surface area contributed by atoms with Crippen molar-refractivity contribution in [2.75, 3.05) is 0 Å². The van der Waals surface area contributed by atoms with E-state index in [-0.39, 0.29) is 18.7 Å². The summed E-state index contributed by atoms with van der Waals surface area (Å²) in [6, 6.07) is 5.25. The third-order valence-corrected chi connectivity index (χ3v) is 2.69. The molecule has 0 fully saturated rings. The lowest BCUT2D eigenvalue weighted by atomic mass is 10.2. The summed E-state index contributed by atoms with van der Waals surface area (Å²) in [5, 5.41) is 6.53. The van der Waals surface area contributed by atoms with E-state index in [0.717, 1.165) is 10.7 Å². The first-order valence-electron chi connectivity index (χ1n) is 6.08. The number of halogens is 5. The molecule has 2 rings (SSSR count). The number of rotatable bonds is 5. The first-order chi connectivity index (χ1) is 9.85. The third-order valence-electron chi connectivity index (χ3n) is 2.69. The summed E-state index contributed by atoms with van der Waals surface area (Å²) in [5.74, 6) is -1.88. The summed E-state index contributed by atoms with van der Waals surface area (Å²) in [7, 11) is 0. The molecule has 0 atom stereocenters. The molecular weight excluding hydrogens is 293 g/mol. The number of hydrogen-bond acceptors (Lipinski definition) is 2. The Bertz CT molecular complexity index is 606. The summed E-state index contributed by atoms with van der Waals surface area (Å²) < 4.78 is 63.6. The first-order valence-corrected chi connectivity index (χ1v) is 6.08. The molecular formula is C13H12F5N3. The number of alkyl halides is 3. The van der Waals surface area contributed by atoms with Crippen LogP contribution in [-0.2, 0) is 19.6 Å². The Morgan fingerprint density at radius 1 is 1.10 bits per heavy atom. The van der Waals surface area contributed by atoms with Gasteiger partial charge in [-0.05, 0) is 12.1 Å². The molecule has 0 bridgehead atoms. The molecule has 21 heavy (non-hydrogen) atoms. The van der Waals surface area contributed by atoms with Crippen LogP contribution in [0.4, 0.5) is 22.0 Å². The quantitative estimate of drug-likeness (QED) is 0.861. The zero-order valence-electron chi connectivity index (χ0n) is 10.8. The number of aromatic nitrogens is 2. The minimum Gasteiger partial charge on any atom is -0.307 e. The van der Waals surface area contributed by atoms with E-state index in [1.165, 1.54) is 24.4 Å². The molecule has 1 aromatic heterocycles. The van der Waals surface area contributed by atoms with Crippen LogP contribution < -0.4 is 5.32 Å². The van der Waals surface area contributed by atoms with Crippen LogP contribution in [0.5, 0.6) is 0 Å². The number of hydrogen-bond donors (Lipinski definition) is 1. The molecule has 114 valence electrons. The van der Waals surface area contributed by atoms with Crippen molar-refractivity contribution in [3.05, 3.63) is 53.4 Å². The second kappa shape index (κ2) is 6.21. The summed E-state index contributed by atoms with van der Waals surface area (Å²) >= 11 is 0. The van der Waals surface area contributed by atoms with Crippen molar-refractivity contribution in [2.24, 2.45) is 0 Å². The molecule has 1 N–H and O–H groups in total. The predicted octanol–water partition coefficient (Wildman–Crippen LogP) is 3.01. The van der Waals surface area contributed by atoms with Crippen LogP contribution in [0.15, 0.2) is 30.5 Å². The summed E-state index contributed by atoms with van der Waals surface area (Å²) in [6.07, 6.45) is -3.12. The highest BCUT2D eigenvalue weighted by molar-refractivity contribution is 5.18. The fraction of sp³-hybridized carbons (Fsp3) is 0.308. The normalized spacial score (nSPS) is 11.9. The molecule has 8 heteroatoms. The van der Waals surface area contributed by atoms with Crippen molar-refractivity contribution in [1.29, 1.82) is 0 Å². The summed E-state index contributed by atoms with van der Waals surface area (Å²) in [6.45, 7) is -0.956. The Balaban J connectivity index is 1.88. The van der Waals surface area contributed by atoms with Gasteiger partial charge in [0.25, 0.3) is 0 Å². The SMILES string of the molecule is Fc1cccc(CNCc2ccn(CC(F)(F)F)n2)c1F. The molecule has 0 aliphatic rings. The van der Waals surface area contributed by atoms with E-state index in [9.17, 15) is 22.0 Å². The summed E-state index contributed by atoms with van der Waals surface area (Å²) in [5.41, 5.74) is 0.529. The average molecular weight is 305 g/mol. The van der Waals surface area contributed by atoms with Gasteiger partial charge in [0, 0.05) is 24.8 Å². The zero-order valence-corrected chi connectivity index (χ0v) is 10.8. The fourth-order valence-electron chi connectivity index (χ4n) is 1.78. The average Bonchev–Trinajstić information content (AvgIpc) is 2.80. The molecule has 0 amide bonds. The molecule has 0 spiro atoms. The van der Waals surface area contributed by atoms with E-state index in [1.807, 2.05) is 0 Å². The van der Waals surface area contributed by atoms with E-state index in [0.29, 0.717) is 5.69 Å². The first kappa shape index (κ1) is 15.4. The molecule has 0 radical (unpaired) electrons. The molecule has 0 saturated carbocycles. The van der Waals surface area contributed by atoms with Gasteiger partial charge in [-0.25, -0.2) is 8.78 Å². The van der Waals surface area contributed by atoms with Crippen LogP contribution in [-0.4, -0.2) is 16.0 Å². The van der Waals surface area contributed by atoms with Crippen LogP contribution >= 0.6 is 0 Å². The van der Waals surface area contributed by atoms with Gasteiger partial charge in [0.15, 0.2) is 11.6 Å². The van der Waals surface area contributed by atoms with Gasteiger partial charge in [-0.15, -0.1) is 0 Å². The topological polar surface area (TPSA) is 29.9 Å². The van der Waals surface area contributed by atoms with Gasteiger partial charge < -0.3 is 5.32 Å². The van der Waals surface area contributed by atoms with E-state index in [1.54, 1.807) is 0 Å². The third kappa shape index (κ3) is 4.52. The molecule has 0 saturated heterocycles. The minimum absolute atomic E-state index is 0.0513. The van der Waals surface area contributed by atoms with Crippen LogP contribution in [0.2, 0.25) is 0 Å². The standard InChI is InChI=1S/C13H12F5N3/c14-11-3-1-2-9(12(11)15)6-19-7-10-4-5-21(20-10)8-13(16,17)18/h1-5,19H,6-8H2. The highest BCUT2D eigenvalue weighted by Crippen LogP contribution is 2.17. The van der Waals surface area contributed by atoms with Gasteiger partial charge >= 0.3 is 6.18 Å². The van der Waals surface area contributed by atoms with Gasteiger partial charge in [-0.1, -0.05) is 12.1 Å². The lowest BCUT2D eigenvalue weighted by Gasteiger charge is -2.06. The Morgan fingerprint density at radius 2 is 1.86 bits per heavy atom. The molecule has 0 aliphatic heterocycles.